The lowest BCUT2D eigenvalue weighted by Crippen LogP contribution is -2.29. The average Bonchev–Trinajstić information content (AvgIpc) is 2.15. The van der Waals surface area contributed by atoms with Gasteiger partial charge in [0.2, 0.25) is 0 Å². The van der Waals surface area contributed by atoms with E-state index in [1.165, 1.54) is 6.08 Å². The summed E-state index contributed by atoms with van der Waals surface area (Å²) in [6.45, 7) is 0. The number of alkyl halides is 3. The molecule has 0 saturated carbocycles. The van der Waals surface area contributed by atoms with Crippen LogP contribution < -0.4 is 5.32 Å². The molecule has 0 aromatic heterocycles. The fraction of sp³-hybridized carbons (Fsp3) is 0.750. The summed E-state index contributed by atoms with van der Waals surface area (Å²) < 4.78 is 61.5. The van der Waals surface area contributed by atoms with E-state index in [0.29, 0.717) is 6.42 Å². The molecule has 0 fully saturated rings. The lowest BCUT2D eigenvalue weighted by atomic mass is 10.0. The van der Waals surface area contributed by atoms with Gasteiger partial charge in [-0.05, 0) is 26.0 Å². The van der Waals surface area contributed by atoms with Gasteiger partial charge in [0.25, 0.3) is 0 Å². The Morgan fingerprint density at radius 1 is 1.50 bits per heavy atom. The van der Waals surface area contributed by atoms with Crippen LogP contribution in [-0.2, 0) is 14.3 Å². The van der Waals surface area contributed by atoms with Crippen LogP contribution in [0.4, 0.5) is 13.2 Å². The third-order valence-corrected chi connectivity index (χ3v) is 3.20. The van der Waals surface area contributed by atoms with E-state index in [4.69, 9.17) is 0 Å². The summed E-state index contributed by atoms with van der Waals surface area (Å²) in [5, 5.41) is 2.83. The number of allylic oxidation sites excluding steroid dienone is 1. The summed E-state index contributed by atoms with van der Waals surface area (Å²) in [7, 11) is -3.88. The van der Waals surface area contributed by atoms with Gasteiger partial charge in [-0.15, -0.1) is 0 Å². The van der Waals surface area contributed by atoms with E-state index in [2.05, 4.69) is 9.50 Å². The quantitative estimate of drug-likeness (QED) is 0.616. The Morgan fingerprint density at radius 2 is 2.12 bits per heavy atom. The molecule has 8 heteroatoms. The monoisotopic (exact) mass is 259 g/mol. The van der Waals surface area contributed by atoms with E-state index in [1.54, 1.807) is 7.05 Å². The van der Waals surface area contributed by atoms with Gasteiger partial charge in [0, 0.05) is 12.5 Å². The van der Waals surface area contributed by atoms with Crippen molar-refractivity contribution in [2.24, 2.45) is 0 Å². The number of hydrogen-bond acceptors (Lipinski definition) is 4. The van der Waals surface area contributed by atoms with Crippen LogP contribution in [0.5, 0.6) is 0 Å². The summed E-state index contributed by atoms with van der Waals surface area (Å²) in [5.41, 5.74) is -5.37. The van der Waals surface area contributed by atoms with Crippen LogP contribution in [0.3, 0.4) is 0 Å². The van der Waals surface area contributed by atoms with E-state index in [1.807, 2.05) is 0 Å². The largest absolute Gasteiger partial charge is 0.534 e. The lowest BCUT2D eigenvalue weighted by Gasteiger charge is -2.20. The number of hydrogen-bond donors (Lipinski definition) is 1. The molecule has 1 aliphatic rings. The van der Waals surface area contributed by atoms with Crippen molar-refractivity contribution in [3.05, 3.63) is 11.8 Å². The van der Waals surface area contributed by atoms with E-state index in [0.717, 1.165) is 6.42 Å². The molecular formula is C8H12F3NO3S. The van der Waals surface area contributed by atoms with Crippen LogP contribution in [0.15, 0.2) is 11.8 Å². The molecule has 0 saturated heterocycles. The van der Waals surface area contributed by atoms with E-state index >= 15 is 0 Å². The molecular weight excluding hydrogens is 247 g/mol. The van der Waals surface area contributed by atoms with Gasteiger partial charge >= 0.3 is 15.6 Å². The molecule has 94 valence electrons. The van der Waals surface area contributed by atoms with Gasteiger partial charge in [-0.1, -0.05) is 0 Å². The zero-order chi connectivity index (χ0) is 12.4. The molecule has 1 rings (SSSR count). The normalized spacial score (nSPS) is 22.8. The molecule has 0 aromatic rings. The molecule has 0 aromatic carbocycles. The van der Waals surface area contributed by atoms with Gasteiger partial charge in [0.15, 0.2) is 0 Å². The summed E-state index contributed by atoms with van der Waals surface area (Å²) in [6.07, 6.45) is 2.90. The second-order valence-electron chi connectivity index (χ2n) is 3.40. The third-order valence-electron chi connectivity index (χ3n) is 2.20. The maximum atomic E-state index is 12.0. The highest BCUT2D eigenvalue weighted by molar-refractivity contribution is 7.87. The molecule has 0 unspecified atom stereocenters. The molecule has 0 radical (unpaired) electrons. The van der Waals surface area contributed by atoms with Crippen LogP contribution in [0.2, 0.25) is 0 Å². The highest BCUT2D eigenvalue weighted by Crippen LogP contribution is 2.29. The maximum Gasteiger partial charge on any atom is 0.534 e. The molecule has 16 heavy (non-hydrogen) atoms. The Kier molecular flexibility index (Phi) is 3.84. The fourth-order valence-electron chi connectivity index (χ4n) is 1.37. The van der Waals surface area contributed by atoms with Crippen molar-refractivity contribution in [2.45, 2.75) is 30.8 Å². The number of likely N-dealkylation sites (N-methyl/N-ethyl adjacent to an activating group) is 1. The van der Waals surface area contributed by atoms with Crippen molar-refractivity contribution >= 4 is 10.1 Å². The highest BCUT2D eigenvalue weighted by atomic mass is 32.2. The Bertz CT molecular complexity index is 374. The molecule has 1 aliphatic carbocycles. The summed E-state index contributed by atoms with van der Waals surface area (Å²) in [6, 6.07) is -0.146. The molecule has 0 aliphatic heterocycles. The minimum absolute atomic E-state index is 0.146. The SMILES string of the molecule is CN[C@@H]1C=C(OS(=O)(=O)C(F)(F)F)CCC1. The lowest BCUT2D eigenvalue weighted by molar-refractivity contribution is -0.0524. The molecule has 4 nitrogen and oxygen atoms in total. The first-order valence-electron chi connectivity index (χ1n) is 4.65. The van der Waals surface area contributed by atoms with Crippen LogP contribution in [0.25, 0.3) is 0 Å². The van der Waals surface area contributed by atoms with Crippen molar-refractivity contribution in [1.29, 1.82) is 0 Å². The van der Waals surface area contributed by atoms with Crippen LogP contribution >= 0.6 is 0 Å². The first-order valence-corrected chi connectivity index (χ1v) is 6.06. The van der Waals surface area contributed by atoms with Crippen molar-refractivity contribution in [1.82, 2.24) is 5.32 Å². The minimum atomic E-state index is -5.53. The van der Waals surface area contributed by atoms with Gasteiger partial charge in [0.1, 0.15) is 5.76 Å². The van der Waals surface area contributed by atoms with Crippen molar-refractivity contribution in [3.63, 3.8) is 0 Å². The minimum Gasteiger partial charge on any atom is -0.381 e. The standard InChI is InChI=1S/C8H12F3NO3S/c1-12-6-3-2-4-7(5-6)15-16(13,14)8(9,10)11/h5-6,12H,2-4H2,1H3/t6-/m0/s1. The zero-order valence-electron chi connectivity index (χ0n) is 8.54. The topological polar surface area (TPSA) is 55.4 Å². The summed E-state index contributed by atoms with van der Waals surface area (Å²) in [5.74, 6) is -0.150. The first kappa shape index (κ1) is 13.3. The molecule has 0 amide bonds. The van der Waals surface area contributed by atoms with Gasteiger partial charge in [-0.25, -0.2) is 0 Å². The third kappa shape index (κ3) is 3.11. The Hall–Kier alpha value is -0.760. The van der Waals surface area contributed by atoms with Crippen molar-refractivity contribution in [2.75, 3.05) is 7.05 Å². The number of rotatable bonds is 3. The number of halogens is 3. The molecule has 0 bridgehead atoms. The highest BCUT2D eigenvalue weighted by Gasteiger charge is 2.48. The molecule has 1 atom stereocenters. The first-order chi connectivity index (χ1) is 7.26. The Morgan fingerprint density at radius 3 is 2.62 bits per heavy atom. The van der Waals surface area contributed by atoms with Gasteiger partial charge < -0.3 is 9.50 Å². The smallest absolute Gasteiger partial charge is 0.381 e. The number of nitrogens with one attached hydrogen (secondary N) is 1. The predicted octanol–water partition coefficient (Wildman–Crippen LogP) is 1.51. The molecule has 0 heterocycles. The molecule has 0 spiro atoms. The van der Waals surface area contributed by atoms with E-state index in [-0.39, 0.29) is 18.2 Å². The summed E-state index contributed by atoms with van der Waals surface area (Å²) in [4.78, 5) is 0. The van der Waals surface area contributed by atoms with Crippen LogP contribution in [-0.4, -0.2) is 27.0 Å². The average molecular weight is 259 g/mol. The second kappa shape index (κ2) is 4.62. The Labute approximate surface area is 91.6 Å². The predicted molar refractivity (Wildman–Crippen MR) is 50.8 cm³/mol. The fourth-order valence-corrected chi connectivity index (χ4v) is 1.89. The van der Waals surface area contributed by atoms with Crippen LogP contribution in [0, 0.1) is 0 Å². The molecule has 1 N–H and O–H groups in total. The second-order valence-corrected chi connectivity index (χ2v) is 4.94. The van der Waals surface area contributed by atoms with Crippen molar-refractivity contribution in [3.8, 4) is 0 Å². The van der Waals surface area contributed by atoms with Crippen LogP contribution in [0.1, 0.15) is 19.3 Å². The van der Waals surface area contributed by atoms with Crippen molar-refractivity contribution < 1.29 is 25.8 Å². The van der Waals surface area contributed by atoms with Gasteiger partial charge in [-0.3, -0.25) is 0 Å². The Balaban J connectivity index is 2.79. The van der Waals surface area contributed by atoms with Gasteiger partial charge in [0.05, 0.1) is 0 Å². The summed E-state index contributed by atoms with van der Waals surface area (Å²) >= 11 is 0. The maximum absolute atomic E-state index is 12.0. The zero-order valence-corrected chi connectivity index (χ0v) is 9.36. The van der Waals surface area contributed by atoms with E-state index in [9.17, 15) is 21.6 Å². The van der Waals surface area contributed by atoms with Gasteiger partial charge in [-0.2, -0.15) is 21.6 Å². The van der Waals surface area contributed by atoms with E-state index < -0.39 is 15.6 Å².